The second kappa shape index (κ2) is 13.8. The molecule has 0 aliphatic rings. The van der Waals surface area contributed by atoms with Gasteiger partial charge in [-0.25, -0.2) is 13.0 Å². The zero-order valence-electron chi connectivity index (χ0n) is 22.1. The smallest absolute Gasteiger partial charge is 0.442 e. The Kier molecular flexibility index (Phi) is 10.2. The van der Waals surface area contributed by atoms with Crippen LogP contribution in [0.3, 0.4) is 0 Å². The van der Waals surface area contributed by atoms with Crippen LogP contribution in [0.5, 0.6) is 11.5 Å². The topological polar surface area (TPSA) is 144 Å². The Hall–Kier alpha value is -3.90. The number of carbonyl (C=O) groups is 1. The number of amides is 1. The van der Waals surface area contributed by atoms with Crippen molar-refractivity contribution >= 4 is 34.4 Å². The fraction of sp³-hybridized carbons (Fsp3) is 0.214. The average Bonchev–Trinajstić information content (AvgIpc) is 2.97. The number of carbonyl (C=O) groups excluding carboxylic acids is 1. The number of sulfonamides is 1. The summed E-state index contributed by atoms with van der Waals surface area (Å²) in [6.07, 6.45) is -1.61. The number of benzene rings is 3. The first-order valence-corrected chi connectivity index (χ1v) is 15.9. The summed E-state index contributed by atoms with van der Waals surface area (Å²) in [6.45, 7) is 0.473. The number of hydrogen-bond acceptors (Lipinski definition) is 7. The second-order valence-corrected chi connectivity index (χ2v) is 12.5. The highest BCUT2D eigenvalue weighted by Gasteiger charge is 2.34. The maximum absolute atomic E-state index is 13.1. The van der Waals surface area contributed by atoms with E-state index < -0.39 is 35.7 Å². The first kappa shape index (κ1) is 31.0. The van der Waals surface area contributed by atoms with Crippen LogP contribution in [-0.2, 0) is 25.8 Å². The van der Waals surface area contributed by atoms with Gasteiger partial charge in [0, 0.05) is 18.1 Å². The lowest BCUT2D eigenvalue weighted by atomic mass is 10.1. The molecule has 3 N–H and O–H groups in total. The number of fused-ring (bicyclic) bond motifs is 1. The molecule has 0 aliphatic heterocycles. The van der Waals surface area contributed by atoms with Gasteiger partial charge in [0.25, 0.3) is 0 Å². The highest BCUT2D eigenvalue weighted by Crippen LogP contribution is 2.48. The predicted molar refractivity (Wildman–Crippen MR) is 152 cm³/mol. The number of nitrogens with one attached hydrogen (secondary N) is 2. The van der Waals surface area contributed by atoms with Crippen LogP contribution in [0.1, 0.15) is 12.0 Å². The number of aromatic nitrogens is 1. The zero-order chi connectivity index (χ0) is 30.2. The molecule has 14 heteroatoms. The van der Waals surface area contributed by atoms with Gasteiger partial charge < -0.3 is 19.5 Å². The van der Waals surface area contributed by atoms with Crippen LogP contribution < -0.4 is 19.3 Å². The van der Waals surface area contributed by atoms with Crippen LogP contribution in [0.15, 0.2) is 96.0 Å². The normalized spacial score (nSPS) is 13.8. The van der Waals surface area contributed by atoms with Crippen molar-refractivity contribution in [3.8, 4) is 11.5 Å². The first-order valence-electron chi connectivity index (χ1n) is 12.8. The minimum Gasteiger partial charge on any atom is -0.493 e. The van der Waals surface area contributed by atoms with E-state index in [2.05, 4.69) is 19.5 Å². The number of rotatable bonds is 14. The number of pyridine rings is 1. The van der Waals surface area contributed by atoms with Crippen molar-refractivity contribution in [2.45, 2.75) is 29.9 Å². The summed E-state index contributed by atoms with van der Waals surface area (Å²) >= 11 is 0. The van der Waals surface area contributed by atoms with E-state index in [1.54, 1.807) is 30.5 Å². The molecular weight excluding hydrogens is 591 g/mol. The van der Waals surface area contributed by atoms with Crippen molar-refractivity contribution in [2.75, 3.05) is 13.2 Å². The molecule has 10 nitrogen and oxygen atoms in total. The second-order valence-electron chi connectivity index (χ2n) is 9.09. The highest BCUT2D eigenvalue weighted by atomic mass is 32.2. The van der Waals surface area contributed by atoms with Crippen LogP contribution in [-0.4, -0.2) is 49.6 Å². The van der Waals surface area contributed by atoms with E-state index in [9.17, 15) is 31.5 Å². The van der Waals surface area contributed by atoms with Gasteiger partial charge in [0.2, 0.25) is 15.9 Å². The third-order valence-electron chi connectivity index (χ3n) is 6.00. The quantitative estimate of drug-likeness (QED) is 0.138. The zero-order valence-corrected chi connectivity index (χ0v) is 23.8. The molecule has 0 saturated heterocycles. The maximum atomic E-state index is 13.1. The molecule has 1 aromatic heterocycles. The number of ether oxygens (including phenoxy) is 1. The Bertz CT molecular complexity index is 1650. The molecule has 0 saturated carbocycles. The fourth-order valence-corrected chi connectivity index (χ4v) is 5.66. The molecule has 0 bridgehead atoms. The van der Waals surface area contributed by atoms with E-state index in [1.807, 2.05) is 24.3 Å². The molecule has 1 heterocycles. The number of hydrogen-bond donors (Lipinski definition) is 3. The van der Waals surface area contributed by atoms with Gasteiger partial charge in [-0.3, -0.25) is 9.78 Å². The van der Waals surface area contributed by atoms with E-state index in [-0.39, 0.29) is 30.2 Å². The van der Waals surface area contributed by atoms with Crippen molar-refractivity contribution in [1.82, 2.24) is 15.0 Å². The Morgan fingerprint density at radius 1 is 0.976 bits per heavy atom. The molecule has 3 aromatic carbocycles. The van der Waals surface area contributed by atoms with Gasteiger partial charge in [-0.15, -0.1) is 0 Å². The SMILES string of the molecule is O=C(NCCCOc1ccnc2ccccc12)[C@H](Cc1ccc(OP(=O)(O)C(F)F)cc1)NS(=O)(=O)c1ccccc1. The van der Waals surface area contributed by atoms with Gasteiger partial charge in [-0.1, -0.05) is 42.5 Å². The lowest BCUT2D eigenvalue weighted by Gasteiger charge is -2.19. The van der Waals surface area contributed by atoms with Crippen molar-refractivity contribution < 1.29 is 40.7 Å². The summed E-state index contributed by atoms with van der Waals surface area (Å²) in [7, 11) is -9.24. The molecule has 42 heavy (non-hydrogen) atoms. The third kappa shape index (κ3) is 8.32. The van der Waals surface area contributed by atoms with Crippen LogP contribution in [0.4, 0.5) is 8.78 Å². The van der Waals surface area contributed by atoms with Crippen LogP contribution >= 0.6 is 7.60 Å². The molecular formula is C28H28F2N3O7PS. The number of halogens is 2. The van der Waals surface area contributed by atoms with Gasteiger partial charge in [0.05, 0.1) is 17.0 Å². The molecule has 2 atom stereocenters. The third-order valence-corrected chi connectivity index (χ3v) is 8.45. The average molecular weight is 620 g/mol. The number of para-hydroxylation sites is 1. The highest BCUT2D eigenvalue weighted by molar-refractivity contribution is 7.89. The standard InChI is InChI=1S/C28H28F2N3O7PS/c29-28(30)41(35,36)40-21-13-11-20(12-14-21)19-25(33-42(37,38)22-7-2-1-3-8-22)27(34)32-16-6-18-39-26-15-17-31-24-10-5-4-9-23(24)26/h1-5,7-15,17,25,28,33H,6,16,18-19H2,(H,32,34)(H,35,36)/t25-/m0/s1. The maximum Gasteiger partial charge on any atom is 0.442 e. The summed E-state index contributed by atoms with van der Waals surface area (Å²) in [5.74, 6) is -0.224. The van der Waals surface area contributed by atoms with E-state index in [4.69, 9.17) is 4.74 Å². The van der Waals surface area contributed by atoms with E-state index in [0.717, 1.165) is 10.9 Å². The summed E-state index contributed by atoms with van der Waals surface area (Å²) in [4.78, 5) is 26.6. The Morgan fingerprint density at radius 2 is 1.67 bits per heavy atom. The van der Waals surface area contributed by atoms with E-state index in [0.29, 0.717) is 17.7 Å². The lowest BCUT2D eigenvalue weighted by molar-refractivity contribution is -0.122. The molecule has 4 rings (SSSR count). The summed E-state index contributed by atoms with van der Waals surface area (Å²) in [6, 6.07) is 20.7. The molecule has 0 spiro atoms. The largest absolute Gasteiger partial charge is 0.493 e. The molecule has 4 aromatic rings. The molecule has 1 unspecified atom stereocenters. The van der Waals surface area contributed by atoms with Gasteiger partial charge >= 0.3 is 13.8 Å². The summed E-state index contributed by atoms with van der Waals surface area (Å²) < 4.78 is 75.6. The van der Waals surface area contributed by atoms with Gasteiger partial charge in [-0.05, 0) is 60.9 Å². The van der Waals surface area contributed by atoms with Crippen LogP contribution in [0.25, 0.3) is 10.9 Å². The molecule has 0 radical (unpaired) electrons. The minimum absolute atomic E-state index is 0.0322. The Balaban J connectivity index is 1.40. The Morgan fingerprint density at radius 3 is 2.38 bits per heavy atom. The molecule has 0 fully saturated rings. The van der Waals surface area contributed by atoms with E-state index in [1.165, 1.54) is 36.4 Å². The van der Waals surface area contributed by atoms with Crippen molar-refractivity contribution in [1.29, 1.82) is 0 Å². The Labute approximate surface area is 241 Å². The van der Waals surface area contributed by atoms with Gasteiger partial charge in [-0.2, -0.15) is 13.5 Å². The molecule has 0 aliphatic carbocycles. The van der Waals surface area contributed by atoms with Crippen LogP contribution in [0, 0.1) is 0 Å². The first-order chi connectivity index (χ1) is 20.0. The van der Waals surface area contributed by atoms with Crippen molar-refractivity contribution in [2.24, 2.45) is 0 Å². The van der Waals surface area contributed by atoms with Gasteiger partial charge in [0.15, 0.2) is 0 Å². The van der Waals surface area contributed by atoms with Gasteiger partial charge in [0.1, 0.15) is 17.5 Å². The number of nitrogens with zero attached hydrogens (tertiary/aromatic N) is 1. The fourth-order valence-electron chi connectivity index (χ4n) is 3.94. The summed E-state index contributed by atoms with van der Waals surface area (Å²) in [5.41, 5.74) is 1.23. The lowest BCUT2D eigenvalue weighted by Crippen LogP contribution is -2.48. The van der Waals surface area contributed by atoms with E-state index >= 15 is 0 Å². The monoisotopic (exact) mass is 619 g/mol. The van der Waals surface area contributed by atoms with Crippen molar-refractivity contribution in [3.63, 3.8) is 0 Å². The predicted octanol–water partition coefficient (Wildman–Crippen LogP) is 4.50. The minimum atomic E-state index is -5.16. The van der Waals surface area contributed by atoms with Crippen molar-refractivity contribution in [3.05, 3.63) is 96.7 Å². The summed E-state index contributed by atoms with van der Waals surface area (Å²) in [5, 5.41) is 3.57. The number of alkyl halides is 2. The molecule has 1 amide bonds. The molecule has 222 valence electrons. The van der Waals surface area contributed by atoms with Crippen LogP contribution in [0.2, 0.25) is 0 Å².